The topological polar surface area (TPSA) is 128 Å². The molecule has 6 nitrogen and oxygen atoms in total. The Labute approximate surface area is 82.7 Å². The lowest BCUT2D eigenvalue weighted by molar-refractivity contribution is 0.895. The first-order chi connectivity index (χ1) is 6.50. The van der Waals surface area contributed by atoms with Crippen LogP contribution in [0, 0.1) is 0 Å². The predicted molar refractivity (Wildman–Crippen MR) is 56.5 cm³/mol. The molecule has 14 heavy (non-hydrogen) atoms. The van der Waals surface area contributed by atoms with E-state index in [1.165, 1.54) is 0 Å². The van der Waals surface area contributed by atoms with E-state index in [9.17, 15) is 0 Å². The molecule has 1 fully saturated rings. The van der Waals surface area contributed by atoms with E-state index >= 15 is 0 Å². The highest BCUT2D eigenvalue weighted by atomic mass is 15.1. The van der Waals surface area contributed by atoms with Crippen molar-refractivity contribution in [3.63, 3.8) is 0 Å². The highest BCUT2D eigenvalue weighted by molar-refractivity contribution is 5.98. The van der Waals surface area contributed by atoms with Crippen LogP contribution in [0.5, 0.6) is 0 Å². The molecule has 0 saturated heterocycles. The molecule has 0 aromatic rings. The minimum Gasteiger partial charge on any atom is -0.393 e. The van der Waals surface area contributed by atoms with Gasteiger partial charge in [0.05, 0.1) is 0 Å². The van der Waals surface area contributed by atoms with Gasteiger partial charge in [-0.2, -0.15) is 0 Å². The maximum Gasteiger partial charge on any atom is 0.155 e. The summed E-state index contributed by atoms with van der Waals surface area (Å²) in [5, 5.41) is 3.07. The van der Waals surface area contributed by atoms with Crippen LogP contribution in [0.4, 0.5) is 0 Å². The Morgan fingerprint density at radius 1 is 1.21 bits per heavy atom. The van der Waals surface area contributed by atoms with E-state index in [1.54, 1.807) is 0 Å². The van der Waals surface area contributed by atoms with Gasteiger partial charge in [-0.1, -0.05) is 6.58 Å². The number of nitrogens with two attached hydrogens (primary N) is 4. The third-order valence-corrected chi connectivity index (χ3v) is 1.74. The van der Waals surface area contributed by atoms with Crippen molar-refractivity contribution in [2.24, 2.45) is 27.9 Å². The number of hydrogen-bond acceptors (Lipinski definition) is 5. The monoisotopic (exact) mass is 196 g/mol. The normalized spacial score (nSPS) is 16.1. The smallest absolute Gasteiger partial charge is 0.155 e. The summed E-state index contributed by atoms with van der Waals surface area (Å²) in [6.45, 7) is 3.45. The first-order valence-corrected chi connectivity index (χ1v) is 4.31. The van der Waals surface area contributed by atoms with E-state index in [2.05, 4.69) is 16.9 Å². The fraction of sp³-hybridized carbons (Fsp3) is 0.375. The second-order valence-corrected chi connectivity index (χ2v) is 3.24. The van der Waals surface area contributed by atoms with Gasteiger partial charge in [0.15, 0.2) is 5.84 Å². The number of aliphatic imine (C=N–C) groups is 1. The fourth-order valence-electron chi connectivity index (χ4n) is 0.872. The van der Waals surface area contributed by atoms with Crippen molar-refractivity contribution < 1.29 is 0 Å². The quantitative estimate of drug-likeness (QED) is 0.280. The summed E-state index contributed by atoms with van der Waals surface area (Å²) in [4.78, 5) is 3.92. The van der Waals surface area contributed by atoms with Crippen molar-refractivity contribution in [2.75, 3.05) is 0 Å². The van der Waals surface area contributed by atoms with E-state index in [0.29, 0.717) is 11.9 Å². The summed E-state index contributed by atoms with van der Waals surface area (Å²) in [5.74, 6) is 0.593. The van der Waals surface area contributed by atoms with Gasteiger partial charge >= 0.3 is 0 Å². The molecule has 0 aromatic carbocycles. The highest BCUT2D eigenvalue weighted by Gasteiger charge is 2.23. The van der Waals surface area contributed by atoms with Crippen molar-refractivity contribution in [3.05, 3.63) is 23.9 Å². The summed E-state index contributed by atoms with van der Waals surface area (Å²) < 4.78 is 0. The van der Waals surface area contributed by atoms with Crippen LogP contribution in [0.25, 0.3) is 0 Å². The minimum atomic E-state index is 0.0261. The maximum atomic E-state index is 5.62. The lowest BCUT2D eigenvalue weighted by atomic mass is 10.4. The van der Waals surface area contributed by atoms with Crippen molar-refractivity contribution >= 4 is 5.84 Å². The van der Waals surface area contributed by atoms with Crippen molar-refractivity contribution in [2.45, 2.75) is 18.9 Å². The van der Waals surface area contributed by atoms with Crippen LogP contribution >= 0.6 is 0 Å². The Morgan fingerprint density at radius 2 is 1.79 bits per heavy atom. The van der Waals surface area contributed by atoms with Crippen LogP contribution in [-0.4, -0.2) is 11.9 Å². The highest BCUT2D eigenvalue weighted by Crippen LogP contribution is 2.19. The van der Waals surface area contributed by atoms with E-state index in [4.69, 9.17) is 22.9 Å². The Balaban J connectivity index is 2.80. The number of hydrogen-bond donors (Lipinski definition) is 5. The molecule has 1 aliphatic rings. The summed E-state index contributed by atoms with van der Waals surface area (Å²) in [5.41, 5.74) is 21.9. The summed E-state index contributed by atoms with van der Waals surface area (Å²) in [7, 11) is 0. The molecule has 0 atom stereocenters. The largest absolute Gasteiger partial charge is 0.393 e. The lowest BCUT2D eigenvalue weighted by Crippen LogP contribution is -2.35. The van der Waals surface area contributed by atoms with E-state index in [-0.39, 0.29) is 17.3 Å². The molecule has 9 N–H and O–H groups in total. The third kappa shape index (κ3) is 2.89. The molecule has 78 valence electrons. The van der Waals surface area contributed by atoms with E-state index < -0.39 is 0 Å². The molecule has 1 rings (SSSR count). The van der Waals surface area contributed by atoms with Crippen molar-refractivity contribution in [1.29, 1.82) is 0 Å². The van der Waals surface area contributed by atoms with Gasteiger partial charge in [-0.15, -0.1) is 0 Å². The van der Waals surface area contributed by atoms with Crippen molar-refractivity contribution in [3.8, 4) is 0 Å². The summed E-state index contributed by atoms with van der Waals surface area (Å²) in [6, 6.07) is 0.394. The molecule has 0 aliphatic heterocycles. The van der Waals surface area contributed by atoms with Gasteiger partial charge < -0.3 is 28.3 Å². The Kier molecular flexibility index (Phi) is 2.85. The molecule has 0 radical (unpaired) electrons. The zero-order valence-corrected chi connectivity index (χ0v) is 7.96. The second-order valence-electron chi connectivity index (χ2n) is 3.24. The van der Waals surface area contributed by atoms with Crippen LogP contribution in [-0.2, 0) is 0 Å². The van der Waals surface area contributed by atoms with Gasteiger partial charge in [-0.25, -0.2) is 4.99 Å². The molecule has 0 bridgehead atoms. The molecule has 1 saturated carbocycles. The van der Waals surface area contributed by atoms with Gasteiger partial charge in [-0.3, -0.25) is 0 Å². The van der Waals surface area contributed by atoms with Crippen LogP contribution in [0.1, 0.15) is 12.8 Å². The average Bonchev–Trinajstić information content (AvgIpc) is 2.84. The van der Waals surface area contributed by atoms with Gasteiger partial charge in [0.1, 0.15) is 17.3 Å². The summed E-state index contributed by atoms with van der Waals surface area (Å²) >= 11 is 0. The number of amidine groups is 1. The first-order valence-electron chi connectivity index (χ1n) is 4.31. The third-order valence-electron chi connectivity index (χ3n) is 1.74. The predicted octanol–water partition coefficient (Wildman–Crippen LogP) is -1.39. The van der Waals surface area contributed by atoms with Crippen molar-refractivity contribution in [1.82, 2.24) is 5.32 Å². The standard InChI is InChI=1S/C8H16N6/c1-4(9)13-8(6(10)7(11)12)14-5-2-3-5/h5H,1-3,9-12H2,(H,13,14). The zero-order valence-electron chi connectivity index (χ0n) is 7.96. The first kappa shape index (κ1) is 10.2. The van der Waals surface area contributed by atoms with Crippen LogP contribution < -0.4 is 28.3 Å². The molecule has 1 aliphatic carbocycles. The van der Waals surface area contributed by atoms with Gasteiger partial charge in [0.2, 0.25) is 0 Å². The number of rotatable bonds is 3. The molecule has 0 aromatic heterocycles. The van der Waals surface area contributed by atoms with Crippen LogP contribution in [0.15, 0.2) is 28.9 Å². The Hall–Kier alpha value is -1.85. The molecular formula is C8H16N6. The van der Waals surface area contributed by atoms with E-state index in [0.717, 1.165) is 12.8 Å². The summed E-state index contributed by atoms with van der Waals surface area (Å²) in [6.07, 6.45) is 2.18. The average molecular weight is 196 g/mol. The maximum absolute atomic E-state index is 5.62. The molecule has 6 heteroatoms. The molecular weight excluding hydrogens is 180 g/mol. The number of nitrogens with one attached hydrogen (secondary N) is 1. The van der Waals surface area contributed by atoms with Gasteiger partial charge in [0, 0.05) is 6.04 Å². The van der Waals surface area contributed by atoms with Crippen LogP contribution in [0.3, 0.4) is 0 Å². The molecule has 0 spiro atoms. The second kappa shape index (κ2) is 3.91. The SMILES string of the molecule is C=C(N)/N=C(/NC1CC1)C(N)=C(N)N. The van der Waals surface area contributed by atoms with E-state index in [1.807, 2.05) is 0 Å². The number of nitrogens with zero attached hydrogens (tertiary/aromatic N) is 1. The Bertz CT molecular complexity index is 295. The molecule has 0 unspecified atom stereocenters. The van der Waals surface area contributed by atoms with Crippen LogP contribution in [0.2, 0.25) is 0 Å². The zero-order chi connectivity index (χ0) is 10.7. The lowest BCUT2D eigenvalue weighted by Gasteiger charge is -2.10. The molecule has 0 amide bonds. The van der Waals surface area contributed by atoms with Gasteiger partial charge in [-0.05, 0) is 12.8 Å². The molecule has 0 heterocycles. The van der Waals surface area contributed by atoms with Gasteiger partial charge in [0.25, 0.3) is 0 Å². The Morgan fingerprint density at radius 3 is 2.14 bits per heavy atom. The minimum absolute atomic E-state index is 0.0261. The fourth-order valence-corrected chi connectivity index (χ4v) is 0.872.